The van der Waals surface area contributed by atoms with Crippen LogP contribution in [0.2, 0.25) is 0 Å². The van der Waals surface area contributed by atoms with Gasteiger partial charge in [0.15, 0.2) is 5.82 Å². The lowest BCUT2D eigenvalue weighted by atomic mass is 10.1. The van der Waals surface area contributed by atoms with Gasteiger partial charge < -0.3 is 4.52 Å². The summed E-state index contributed by atoms with van der Waals surface area (Å²) < 4.78 is 6.85. The highest BCUT2D eigenvalue weighted by Crippen LogP contribution is 2.27. The number of hydrogen-bond donors (Lipinski definition) is 0. The summed E-state index contributed by atoms with van der Waals surface area (Å²) in [6, 6.07) is 12.2. The fourth-order valence-electron chi connectivity index (χ4n) is 2.70. The van der Waals surface area contributed by atoms with E-state index in [0.717, 1.165) is 0 Å². The van der Waals surface area contributed by atoms with Crippen molar-refractivity contribution in [2.24, 2.45) is 0 Å². The molecule has 0 saturated carbocycles. The van der Waals surface area contributed by atoms with Crippen molar-refractivity contribution >= 4 is 25.5 Å². The van der Waals surface area contributed by atoms with Crippen molar-refractivity contribution < 1.29 is 9.32 Å². The van der Waals surface area contributed by atoms with Crippen LogP contribution in [-0.2, 0) is 0 Å². The van der Waals surface area contributed by atoms with Gasteiger partial charge in [0.05, 0.1) is 31.0 Å². The molecule has 1 unspecified atom stereocenters. The molecule has 0 N–H and O–H groups in total. The van der Waals surface area contributed by atoms with Crippen molar-refractivity contribution in [1.29, 1.82) is 0 Å². The maximum atomic E-state index is 12.8. The van der Waals surface area contributed by atoms with E-state index in [1.54, 1.807) is 42.5 Å². The van der Waals surface area contributed by atoms with Crippen molar-refractivity contribution in [2.45, 2.75) is 0 Å². The zero-order valence-corrected chi connectivity index (χ0v) is 12.7. The van der Waals surface area contributed by atoms with E-state index in [0.29, 0.717) is 36.7 Å². The predicted molar refractivity (Wildman–Crippen MR) is 85.6 cm³/mol. The Morgan fingerprint density at radius 2 is 1.95 bits per heavy atom. The highest BCUT2D eigenvalue weighted by atomic mass is 31.1. The van der Waals surface area contributed by atoms with Crippen molar-refractivity contribution in [1.82, 2.24) is 9.55 Å². The maximum Gasteiger partial charge on any atom is 0.266 e. The highest BCUT2D eigenvalue weighted by molar-refractivity contribution is 7.31. The summed E-state index contributed by atoms with van der Waals surface area (Å²) >= 11 is 0. The Bertz CT molecular complexity index is 994. The molecule has 0 radical (unpaired) electrons. The predicted octanol–water partition coefficient (Wildman–Crippen LogP) is 2.53. The highest BCUT2D eigenvalue weighted by Gasteiger charge is 2.29. The first kappa shape index (κ1) is 13.2. The first-order chi connectivity index (χ1) is 10.7. The number of aromatic nitrogens is 2. The maximum absolute atomic E-state index is 12.8. The number of carbonyl (C=O) groups is 1. The topological polar surface area (TPSA) is 61.2 Å². The minimum Gasteiger partial charge on any atom is -0.477 e. The van der Waals surface area contributed by atoms with Crippen molar-refractivity contribution in [3.63, 3.8) is 0 Å². The Morgan fingerprint density at radius 1 is 1.14 bits per heavy atom. The second-order valence-electron chi connectivity index (χ2n) is 4.91. The molecule has 22 heavy (non-hydrogen) atoms. The third kappa shape index (κ3) is 1.72. The molecule has 0 amide bonds. The molecule has 0 spiro atoms. The van der Waals surface area contributed by atoms with Crippen LogP contribution in [0.1, 0.15) is 16.2 Å². The Morgan fingerprint density at radius 3 is 2.77 bits per heavy atom. The fraction of sp³-hybridized carbons (Fsp3) is 0.0625. The quantitative estimate of drug-likeness (QED) is 0.534. The molecule has 1 aliphatic rings. The van der Waals surface area contributed by atoms with Crippen LogP contribution in [0.15, 0.2) is 47.3 Å². The van der Waals surface area contributed by atoms with Crippen LogP contribution < -0.4 is 10.1 Å². The molecule has 0 aliphatic carbocycles. The molecule has 1 aromatic heterocycles. The number of ketones is 1. The Kier molecular flexibility index (Phi) is 2.84. The smallest absolute Gasteiger partial charge is 0.266 e. The molecular weight excluding hydrogens is 299 g/mol. The van der Waals surface area contributed by atoms with Gasteiger partial charge in [-0.15, -0.1) is 0 Å². The Labute approximate surface area is 127 Å². The molecule has 5 nitrogen and oxygen atoms in total. The molecule has 108 valence electrons. The van der Waals surface area contributed by atoms with Gasteiger partial charge in [0.1, 0.15) is 5.75 Å². The average Bonchev–Trinajstić information content (AvgIpc) is 2.82. The number of hydrogen-bond acceptors (Lipinski definition) is 4. The van der Waals surface area contributed by atoms with Gasteiger partial charge in [0.2, 0.25) is 5.78 Å². The average molecular weight is 310 g/mol. The molecule has 2 heterocycles. The molecule has 3 aromatic rings. The summed E-state index contributed by atoms with van der Waals surface area (Å²) in [5.41, 5.74) is 1.35. The van der Waals surface area contributed by atoms with Crippen LogP contribution in [0.5, 0.6) is 5.75 Å². The Balaban J connectivity index is 2.07. The van der Waals surface area contributed by atoms with Gasteiger partial charge in [-0.05, 0) is 37.0 Å². The van der Waals surface area contributed by atoms with E-state index >= 15 is 0 Å². The van der Waals surface area contributed by atoms with E-state index in [4.69, 9.17) is 4.52 Å². The van der Waals surface area contributed by atoms with Crippen molar-refractivity contribution in [2.75, 3.05) is 6.66 Å². The molecule has 0 saturated heterocycles. The number of nitrogens with zero attached hydrogens (tertiary/aromatic N) is 2. The molecule has 0 fully saturated rings. The molecule has 1 atom stereocenters. The summed E-state index contributed by atoms with van der Waals surface area (Å²) in [7, 11) is 0.294. The van der Waals surface area contributed by atoms with E-state index in [2.05, 4.69) is 4.98 Å². The monoisotopic (exact) mass is 310 g/mol. The van der Waals surface area contributed by atoms with Crippen molar-refractivity contribution in [3.05, 3.63) is 64.2 Å². The molecule has 6 heteroatoms. The zero-order chi connectivity index (χ0) is 15.3. The van der Waals surface area contributed by atoms with Crippen LogP contribution in [0.4, 0.5) is 0 Å². The van der Waals surface area contributed by atoms with Gasteiger partial charge in [-0.3, -0.25) is 14.2 Å². The molecule has 2 aromatic carbocycles. The number of benzene rings is 2. The van der Waals surface area contributed by atoms with Crippen molar-refractivity contribution in [3.8, 4) is 11.4 Å². The summed E-state index contributed by atoms with van der Waals surface area (Å²) in [5, 5.41) is 0.448. The standard InChI is InChI=1S/C16H11N2O3P/c1-22-21-9-6-7-12-11(8-9)16(20)18-13-5-3-2-4-10(13)14(19)15(18)17-12/h2-8,22H,1H3. The minimum absolute atomic E-state index is 0.171. The lowest BCUT2D eigenvalue weighted by molar-refractivity contribution is 0.103. The van der Waals surface area contributed by atoms with E-state index in [9.17, 15) is 9.59 Å². The molecular formula is C16H11N2O3P. The number of fused-ring (bicyclic) bond motifs is 4. The van der Waals surface area contributed by atoms with E-state index < -0.39 is 0 Å². The van der Waals surface area contributed by atoms with Crippen LogP contribution in [0.25, 0.3) is 16.6 Å². The van der Waals surface area contributed by atoms with Crippen LogP contribution in [0.3, 0.4) is 0 Å². The Hall–Kier alpha value is -2.52. The number of para-hydroxylation sites is 1. The van der Waals surface area contributed by atoms with Crippen LogP contribution in [0, 0.1) is 0 Å². The fourth-order valence-corrected chi connectivity index (χ4v) is 3.07. The summed E-state index contributed by atoms with van der Waals surface area (Å²) in [6.07, 6.45) is 0. The van der Waals surface area contributed by atoms with Gasteiger partial charge in [-0.2, -0.15) is 0 Å². The van der Waals surface area contributed by atoms with Gasteiger partial charge in [-0.25, -0.2) is 4.98 Å². The van der Waals surface area contributed by atoms with Gasteiger partial charge in [-0.1, -0.05) is 12.1 Å². The van der Waals surface area contributed by atoms with Crippen LogP contribution >= 0.6 is 8.81 Å². The third-order valence-electron chi connectivity index (χ3n) is 3.65. The van der Waals surface area contributed by atoms with Gasteiger partial charge in [0, 0.05) is 0 Å². The largest absolute Gasteiger partial charge is 0.477 e. The number of rotatable bonds is 2. The summed E-state index contributed by atoms with van der Waals surface area (Å²) in [4.78, 5) is 29.6. The second kappa shape index (κ2) is 4.75. The first-order valence-corrected chi connectivity index (χ1v) is 8.16. The second-order valence-corrected chi connectivity index (χ2v) is 5.52. The number of carbonyl (C=O) groups excluding carboxylic acids is 1. The molecule has 0 bridgehead atoms. The SMILES string of the molecule is CPOc1ccc2nc3n(c(=O)c2c1)-c1ccccc1C3=O. The minimum atomic E-state index is -0.247. The van der Waals surface area contributed by atoms with Gasteiger partial charge in [0.25, 0.3) is 5.56 Å². The molecule has 4 rings (SSSR count). The van der Waals surface area contributed by atoms with Gasteiger partial charge >= 0.3 is 0 Å². The van der Waals surface area contributed by atoms with Crippen LogP contribution in [-0.4, -0.2) is 22.0 Å². The van der Waals surface area contributed by atoms with E-state index in [1.165, 1.54) is 4.57 Å². The third-order valence-corrected chi connectivity index (χ3v) is 4.09. The summed E-state index contributed by atoms with van der Waals surface area (Å²) in [5.74, 6) is 0.583. The normalized spacial score (nSPS) is 12.9. The lowest BCUT2D eigenvalue weighted by Crippen LogP contribution is -2.21. The summed E-state index contributed by atoms with van der Waals surface area (Å²) in [6.45, 7) is 1.91. The lowest BCUT2D eigenvalue weighted by Gasteiger charge is -2.07. The van der Waals surface area contributed by atoms with E-state index in [-0.39, 0.29) is 17.2 Å². The molecule has 1 aliphatic heterocycles. The first-order valence-electron chi connectivity index (χ1n) is 6.75. The zero-order valence-electron chi connectivity index (χ0n) is 11.7. The van der Waals surface area contributed by atoms with E-state index in [1.807, 2.05) is 6.66 Å².